The number of hydrogen-bond acceptors (Lipinski definition) is 2. The van der Waals surface area contributed by atoms with Crippen molar-refractivity contribution in [3.8, 4) is 0 Å². The Morgan fingerprint density at radius 2 is 2.11 bits per heavy atom. The van der Waals surface area contributed by atoms with Crippen molar-refractivity contribution in [3.05, 3.63) is 64.9 Å². The standard InChI is InChI=1S/C15H15ClN2O/c16-13-6-3-5-12(11-13)15(19)18-10-4-8-14-7-1-2-9-17-14/h1-3,5-7,9,11H,4,8,10H2,(H,18,19). The molecule has 0 unspecified atom stereocenters. The van der Waals surface area contributed by atoms with Crippen LogP contribution in [0.4, 0.5) is 0 Å². The Kier molecular flexibility index (Phi) is 4.93. The van der Waals surface area contributed by atoms with E-state index >= 15 is 0 Å². The number of carbonyl (C=O) groups excluding carboxylic acids is 1. The van der Waals surface area contributed by atoms with E-state index in [-0.39, 0.29) is 5.91 Å². The average Bonchev–Trinajstić information content (AvgIpc) is 2.44. The quantitative estimate of drug-likeness (QED) is 0.852. The lowest BCUT2D eigenvalue weighted by atomic mass is 10.2. The summed E-state index contributed by atoms with van der Waals surface area (Å²) in [5.41, 5.74) is 1.63. The van der Waals surface area contributed by atoms with Gasteiger partial charge < -0.3 is 5.32 Å². The Labute approximate surface area is 117 Å². The molecule has 3 nitrogen and oxygen atoms in total. The molecular formula is C15H15ClN2O. The molecule has 0 aliphatic heterocycles. The highest BCUT2D eigenvalue weighted by Gasteiger charge is 2.04. The molecule has 2 rings (SSSR count). The normalized spacial score (nSPS) is 10.2. The van der Waals surface area contributed by atoms with Crippen molar-refractivity contribution in [1.82, 2.24) is 10.3 Å². The van der Waals surface area contributed by atoms with Gasteiger partial charge in [-0.25, -0.2) is 0 Å². The van der Waals surface area contributed by atoms with E-state index in [0.29, 0.717) is 17.1 Å². The number of rotatable bonds is 5. The van der Waals surface area contributed by atoms with Gasteiger partial charge in [0.2, 0.25) is 0 Å². The minimum atomic E-state index is -0.0940. The number of nitrogens with one attached hydrogen (secondary N) is 1. The smallest absolute Gasteiger partial charge is 0.251 e. The molecular weight excluding hydrogens is 260 g/mol. The second-order valence-electron chi connectivity index (χ2n) is 4.19. The number of amides is 1. The minimum absolute atomic E-state index is 0.0940. The van der Waals surface area contributed by atoms with Crippen molar-refractivity contribution in [1.29, 1.82) is 0 Å². The molecule has 2 aromatic rings. The van der Waals surface area contributed by atoms with Gasteiger partial charge in [-0.1, -0.05) is 23.7 Å². The van der Waals surface area contributed by atoms with E-state index in [1.807, 2.05) is 18.2 Å². The zero-order valence-corrected chi connectivity index (χ0v) is 11.2. The van der Waals surface area contributed by atoms with Crippen LogP contribution in [0.15, 0.2) is 48.7 Å². The summed E-state index contributed by atoms with van der Waals surface area (Å²) >= 11 is 5.84. The largest absolute Gasteiger partial charge is 0.352 e. The molecule has 0 bridgehead atoms. The summed E-state index contributed by atoms with van der Waals surface area (Å²) in [5, 5.41) is 3.44. The van der Waals surface area contributed by atoms with E-state index in [1.54, 1.807) is 30.5 Å². The van der Waals surface area contributed by atoms with Gasteiger partial charge in [0.1, 0.15) is 0 Å². The highest BCUT2D eigenvalue weighted by Crippen LogP contribution is 2.10. The lowest BCUT2D eigenvalue weighted by molar-refractivity contribution is 0.0953. The number of pyridine rings is 1. The molecule has 1 N–H and O–H groups in total. The lowest BCUT2D eigenvalue weighted by Gasteiger charge is -2.05. The zero-order chi connectivity index (χ0) is 13.5. The molecule has 19 heavy (non-hydrogen) atoms. The van der Waals surface area contributed by atoms with Crippen molar-refractivity contribution in [3.63, 3.8) is 0 Å². The predicted molar refractivity (Wildman–Crippen MR) is 76.3 cm³/mol. The fourth-order valence-electron chi connectivity index (χ4n) is 1.75. The van der Waals surface area contributed by atoms with Crippen molar-refractivity contribution >= 4 is 17.5 Å². The molecule has 0 radical (unpaired) electrons. The number of aryl methyl sites for hydroxylation is 1. The average molecular weight is 275 g/mol. The number of halogens is 1. The van der Waals surface area contributed by atoms with Crippen molar-refractivity contribution in [2.24, 2.45) is 0 Å². The molecule has 4 heteroatoms. The van der Waals surface area contributed by atoms with Crippen LogP contribution >= 0.6 is 11.6 Å². The molecule has 0 saturated carbocycles. The molecule has 0 spiro atoms. The number of carbonyl (C=O) groups is 1. The first-order valence-corrected chi connectivity index (χ1v) is 6.57. The fourth-order valence-corrected chi connectivity index (χ4v) is 1.94. The van der Waals surface area contributed by atoms with Crippen LogP contribution in [0.3, 0.4) is 0 Å². The maximum Gasteiger partial charge on any atom is 0.251 e. The predicted octanol–water partition coefficient (Wildman–Crippen LogP) is 3.10. The summed E-state index contributed by atoms with van der Waals surface area (Å²) in [7, 11) is 0. The number of hydrogen-bond donors (Lipinski definition) is 1. The van der Waals surface area contributed by atoms with Crippen LogP contribution in [0.2, 0.25) is 5.02 Å². The molecule has 0 aliphatic carbocycles. The van der Waals surface area contributed by atoms with Gasteiger partial charge in [0, 0.05) is 29.0 Å². The van der Waals surface area contributed by atoms with E-state index in [2.05, 4.69) is 10.3 Å². The van der Waals surface area contributed by atoms with Crippen LogP contribution in [-0.4, -0.2) is 17.4 Å². The van der Waals surface area contributed by atoms with E-state index in [4.69, 9.17) is 11.6 Å². The van der Waals surface area contributed by atoms with Gasteiger partial charge in [0.25, 0.3) is 5.91 Å². The van der Waals surface area contributed by atoms with Gasteiger partial charge in [0.05, 0.1) is 0 Å². The second-order valence-corrected chi connectivity index (χ2v) is 4.63. The van der Waals surface area contributed by atoms with Gasteiger partial charge in [-0.05, 0) is 43.2 Å². The van der Waals surface area contributed by atoms with Crippen molar-refractivity contribution < 1.29 is 4.79 Å². The summed E-state index contributed by atoms with van der Waals surface area (Å²) in [4.78, 5) is 16.1. The Morgan fingerprint density at radius 1 is 1.21 bits per heavy atom. The summed E-state index contributed by atoms with van der Waals surface area (Å²) < 4.78 is 0. The Balaban J connectivity index is 1.75. The van der Waals surface area contributed by atoms with Gasteiger partial charge >= 0.3 is 0 Å². The number of nitrogens with zero attached hydrogens (tertiary/aromatic N) is 1. The third-order valence-corrected chi connectivity index (χ3v) is 2.94. The summed E-state index contributed by atoms with van der Waals surface area (Å²) in [6, 6.07) is 12.8. The van der Waals surface area contributed by atoms with Gasteiger partial charge in [-0.2, -0.15) is 0 Å². The monoisotopic (exact) mass is 274 g/mol. The Hall–Kier alpha value is -1.87. The maximum absolute atomic E-state index is 11.8. The summed E-state index contributed by atoms with van der Waals surface area (Å²) in [5.74, 6) is -0.0940. The van der Waals surface area contributed by atoms with Crippen LogP contribution in [0.25, 0.3) is 0 Å². The van der Waals surface area contributed by atoms with Crippen LogP contribution < -0.4 is 5.32 Å². The number of aromatic nitrogens is 1. The Bertz CT molecular complexity index is 543. The first kappa shape index (κ1) is 13.6. The third-order valence-electron chi connectivity index (χ3n) is 2.71. The van der Waals surface area contributed by atoms with E-state index in [9.17, 15) is 4.79 Å². The number of benzene rings is 1. The first-order chi connectivity index (χ1) is 9.25. The zero-order valence-electron chi connectivity index (χ0n) is 10.5. The van der Waals surface area contributed by atoms with Crippen LogP contribution in [0, 0.1) is 0 Å². The molecule has 1 aromatic heterocycles. The van der Waals surface area contributed by atoms with Gasteiger partial charge in [-0.15, -0.1) is 0 Å². The third kappa shape index (κ3) is 4.38. The summed E-state index contributed by atoms with van der Waals surface area (Å²) in [6.45, 7) is 0.627. The highest BCUT2D eigenvalue weighted by atomic mass is 35.5. The first-order valence-electron chi connectivity index (χ1n) is 6.19. The van der Waals surface area contributed by atoms with E-state index < -0.39 is 0 Å². The van der Waals surface area contributed by atoms with E-state index in [0.717, 1.165) is 18.5 Å². The Morgan fingerprint density at radius 3 is 2.84 bits per heavy atom. The molecule has 0 aliphatic rings. The topological polar surface area (TPSA) is 42.0 Å². The minimum Gasteiger partial charge on any atom is -0.352 e. The van der Waals surface area contributed by atoms with Crippen LogP contribution in [0.1, 0.15) is 22.5 Å². The van der Waals surface area contributed by atoms with Crippen molar-refractivity contribution in [2.75, 3.05) is 6.54 Å². The molecule has 98 valence electrons. The fraction of sp³-hybridized carbons (Fsp3) is 0.200. The molecule has 1 amide bonds. The van der Waals surface area contributed by atoms with Crippen LogP contribution in [-0.2, 0) is 6.42 Å². The van der Waals surface area contributed by atoms with Crippen molar-refractivity contribution in [2.45, 2.75) is 12.8 Å². The second kappa shape index (κ2) is 6.90. The highest BCUT2D eigenvalue weighted by molar-refractivity contribution is 6.30. The maximum atomic E-state index is 11.8. The SMILES string of the molecule is O=C(NCCCc1ccccn1)c1cccc(Cl)c1. The lowest BCUT2D eigenvalue weighted by Crippen LogP contribution is -2.24. The van der Waals surface area contributed by atoms with Gasteiger partial charge in [-0.3, -0.25) is 9.78 Å². The van der Waals surface area contributed by atoms with Gasteiger partial charge in [0.15, 0.2) is 0 Å². The van der Waals surface area contributed by atoms with E-state index in [1.165, 1.54) is 0 Å². The molecule has 0 saturated heterocycles. The molecule has 0 atom stereocenters. The summed E-state index contributed by atoms with van der Waals surface area (Å²) in [6.07, 6.45) is 3.50. The van der Waals surface area contributed by atoms with Crippen LogP contribution in [0.5, 0.6) is 0 Å². The molecule has 1 aromatic carbocycles. The molecule has 0 fully saturated rings. The molecule has 1 heterocycles.